The van der Waals surface area contributed by atoms with E-state index in [9.17, 15) is 18.0 Å². The molecule has 0 unspecified atom stereocenters. The van der Waals surface area contributed by atoms with Gasteiger partial charge < -0.3 is 0 Å². The number of imide groups is 1. The third kappa shape index (κ3) is 1.50. The van der Waals surface area contributed by atoms with Crippen molar-refractivity contribution in [3.05, 3.63) is 22.6 Å². The lowest BCUT2D eigenvalue weighted by Crippen LogP contribution is -2.34. The fraction of sp³-hybridized carbons (Fsp3) is 0. The van der Waals surface area contributed by atoms with Crippen molar-refractivity contribution in [1.29, 1.82) is 0 Å². The van der Waals surface area contributed by atoms with Crippen LogP contribution in [0.2, 0.25) is 0 Å². The third-order valence-electron chi connectivity index (χ3n) is 1.14. The molecular weight excluding hydrogens is 200 g/mol. The molecule has 9 heteroatoms. The van der Waals surface area contributed by atoms with Gasteiger partial charge in [-0.1, -0.05) is 0 Å². The monoisotopic (exact) mass is 202 g/mol. The van der Waals surface area contributed by atoms with Crippen LogP contribution in [-0.4, -0.2) is 24.5 Å². The lowest BCUT2D eigenvalue weighted by atomic mass is 10.6. The van der Waals surface area contributed by atoms with Gasteiger partial charge in [0.2, 0.25) is 0 Å². The Morgan fingerprint density at radius 2 is 1.77 bits per heavy atom. The van der Waals surface area contributed by atoms with Gasteiger partial charge in [0.25, 0.3) is 11.8 Å². The highest BCUT2D eigenvalue weighted by molar-refractivity contribution is 7.88. The molecule has 8 nitrogen and oxygen atoms in total. The van der Waals surface area contributed by atoms with Gasteiger partial charge in [-0.3, -0.25) is 9.59 Å². The first-order valence-electron chi connectivity index (χ1n) is 2.86. The molecule has 1 rings (SSSR count). The summed E-state index contributed by atoms with van der Waals surface area (Å²) in [5, 5.41) is 0. The number of hydrogen-bond acceptors (Lipinski definition) is 4. The normalized spacial score (nSPS) is 16.2. The Morgan fingerprint density at radius 1 is 1.31 bits per heavy atom. The predicted molar refractivity (Wildman–Crippen MR) is 39.1 cm³/mol. The first-order chi connectivity index (χ1) is 5.99. The molecule has 13 heavy (non-hydrogen) atoms. The molecule has 0 saturated carbocycles. The average molecular weight is 202 g/mol. The molecule has 1 aliphatic rings. The lowest BCUT2D eigenvalue weighted by molar-refractivity contribution is -0.130. The molecule has 2 amide bonds. The lowest BCUT2D eigenvalue weighted by Gasteiger charge is -2.08. The average Bonchev–Trinajstić information content (AvgIpc) is 2.31. The van der Waals surface area contributed by atoms with Gasteiger partial charge in [-0.05, 0) is 5.53 Å². The van der Waals surface area contributed by atoms with Crippen LogP contribution in [0.3, 0.4) is 0 Å². The molecule has 0 atom stereocenters. The van der Waals surface area contributed by atoms with Crippen molar-refractivity contribution in [3.63, 3.8) is 0 Å². The van der Waals surface area contributed by atoms with Gasteiger partial charge in [-0.25, -0.2) is 0 Å². The maximum Gasteiger partial charge on any atom is 0.334 e. The summed E-state index contributed by atoms with van der Waals surface area (Å²) in [6.07, 6.45) is 1.54. The molecule has 0 aliphatic carbocycles. The van der Waals surface area contributed by atoms with Gasteiger partial charge in [-0.2, -0.15) is 12.7 Å². The van der Waals surface area contributed by atoms with Gasteiger partial charge in [0.1, 0.15) is 0 Å². The van der Waals surface area contributed by atoms with Crippen LogP contribution >= 0.6 is 0 Å². The molecule has 0 radical (unpaired) electrons. The van der Waals surface area contributed by atoms with Gasteiger partial charge >= 0.3 is 10.2 Å². The number of rotatable bonds is 2. The third-order valence-corrected chi connectivity index (χ3v) is 2.24. The molecule has 0 saturated heterocycles. The van der Waals surface area contributed by atoms with E-state index < -0.39 is 22.0 Å². The van der Waals surface area contributed by atoms with E-state index in [-0.39, 0.29) is 4.31 Å². The largest absolute Gasteiger partial charge is 0.334 e. The van der Waals surface area contributed by atoms with Crippen molar-refractivity contribution in [1.82, 2.24) is 4.31 Å². The number of carbonyl (C=O) groups excluding carboxylic acids is 2. The van der Waals surface area contributed by atoms with E-state index in [1.807, 2.05) is 4.91 Å². The standard InChI is InChI=1S/C4H2N4O4S/c5-6-7-13(11,12)8-3(9)1-2-4(8)10/h1-2H. The highest BCUT2D eigenvalue weighted by Gasteiger charge is 2.34. The Hall–Kier alpha value is -1.86. The summed E-state index contributed by atoms with van der Waals surface area (Å²) in [6.45, 7) is 0. The highest BCUT2D eigenvalue weighted by atomic mass is 32.2. The van der Waals surface area contributed by atoms with Crippen LogP contribution < -0.4 is 0 Å². The number of carbonyl (C=O) groups is 2. The van der Waals surface area contributed by atoms with Crippen LogP contribution in [0.4, 0.5) is 0 Å². The van der Waals surface area contributed by atoms with Crippen molar-refractivity contribution in [3.8, 4) is 0 Å². The highest BCUT2D eigenvalue weighted by Crippen LogP contribution is 2.11. The van der Waals surface area contributed by atoms with Crippen LogP contribution in [0.25, 0.3) is 10.4 Å². The van der Waals surface area contributed by atoms with Crippen LogP contribution in [0, 0.1) is 0 Å². The Bertz CT molecular complexity index is 425. The van der Waals surface area contributed by atoms with Gasteiger partial charge in [0, 0.05) is 17.1 Å². The van der Waals surface area contributed by atoms with Crippen LogP contribution in [0.1, 0.15) is 0 Å². The maximum absolute atomic E-state index is 10.9. The quantitative estimate of drug-likeness (QED) is 0.258. The maximum atomic E-state index is 10.9. The Labute approximate surface area is 72.3 Å². The van der Waals surface area contributed by atoms with E-state index in [4.69, 9.17) is 5.53 Å². The predicted octanol–water partition coefficient (Wildman–Crippen LogP) is -0.533. The Kier molecular flexibility index (Phi) is 2.05. The summed E-state index contributed by atoms with van der Waals surface area (Å²) in [7, 11) is -4.53. The Morgan fingerprint density at radius 3 is 2.15 bits per heavy atom. The molecule has 1 heterocycles. The van der Waals surface area contributed by atoms with Crippen molar-refractivity contribution in [2.75, 3.05) is 0 Å². The first kappa shape index (κ1) is 9.23. The zero-order valence-electron chi connectivity index (χ0n) is 5.98. The van der Waals surface area contributed by atoms with Crippen molar-refractivity contribution < 1.29 is 18.0 Å². The van der Waals surface area contributed by atoms with Gasteiger partial charge in [0.05, 0.1) is 4.52 Å². The fourth-order valence-electron chi connectivity index (χ4n) is 0.697. The fourth-order valence-corrected chi connectivity index (χ4v) is 1.44. The number of hydrogen-bond donors (Lipinski definition) is 0. The topological polar surface area (TPSA) is 120 Å². The second-order valence-electron chi connectivity index (χ2n) is 1.92. The summed E-state index contributed by atoms with van der Waals surface area (Å²) in [6, 6.07) is 0. The molecule has 0 fully saturated rings. The molecule has 0 aromatic heterocycles. The molecule has 0 spiro atoms. The first-order valence-corrected chi connectivity index (χ1v) is 4.26. The Balaban J connectivity index is 3.18. The minimum absolute atomic E-state index is 0.118. The summed E-state index contributed by atoms with van der Waals surface area (Å²) in [5.41, 5.74) is 7.84. The smallest absolute Gasteiger partial charge is 0.268 e. The molecule has 68 valence electrons. The second-order valence-corrected chi connectivity index (χ2v) is 3.35. The molecule has 0 aromatic rings. The molecule has 0 bridgehead atoms. The zero-order valence-corrected chi connectivity index (χ0v) is 6.80. The summed E-state index contributed by atoms with van der Waals surface area (Å²) in [4.78, 5) is 23.5. The molecular formula is C4H2N4O4S. The van der Waals surface area contributed by atoms with E-state index in [0.717, 1.165) is 12.2 Å². The van der Waals surface area contributed by atoms with E-state index >= 15 is 0 Å². The van der Waals surface area contributed by atoms with E-state index in [1.54, 1.807) is 0 Å². The molecule has 0 aromatic carbocycles. The number of azide groups is 1. The van der Waals surface area contributed by atoms with Crippen LogP contribution in [0.15, 0.2) is 16.7 Å². The van der Waals surface area contributed by atoms with Gasteiger partial charge in [-0.15, -0.1) is 0 Å². The van der Waals surface area contributed by atoms with Crippen molar-refractivity contribution >= 4 is 22.0 Å². The summed E-state index contributed by atoms with van der Waals surface area (Å²) in [5.74, 6) is -2.09. The number of amides is 2. The summed E-state index contributed by atoms with van der Waals surface area (Å²) < 4.78 is 24.0. The molecule has 0 N–H and O–H groups in total. The summed E-state index contributed by atoms with van der Waals surface area (Å²) >= 11 is 0. The van der Waals surface area contributed by atoms with Crippen molar-refractivity contribution in [2.45, 2.75) is 0 Å². The number of nitrogens with zero attached hydrogens (tertiary/aromatic N) is 4. The van der Waals surface area contributed by atoms with E-state index in [0.29, 0.717) is 0 Å². The van der Waals surface area contributed by atoms with E-state index in [2.05, 4.69) is 4.52 Å². The van der Waals surface area contributed by atoms with E-state index in [1.165, 1.54) is 0 Å². The van der Waals surface area contributed by atoms with Crippen LogP contribution in [-0.2, 0) is 19.8 Å². The van der Waals surface area contributed by atoms with Crippen LogP contribution in [0.5, 0.6) is 0 Å². The van der Waals surface area contributed by atoms with Gasteiger partial charge in [0.15, 0.2) is 0 Å². The minimum atomic E-state index is -4.53. The SMILES string of the molecule is [N-]=[N+]=NS(=O)(=O)N1C(=O)C=CC1=O. The second kappa shape index (κ2) is 2.88. The molecule has 1 aliphatic heterocycles. The van der Waals surface area contributed by atoms with Crippen molar-refractivity contribution in [2.24, 2.45) is 4.52 Å². The minimum Gasteiger partial charge on any atom is -0.268 e. The zero-order chi connectivity index (χ0) is 10.1.